The third-order valence-corrected chi connectivity index (χ3v) is 2.40. The first-order valence-electron chi connectivity index (χ1n) is 5.56. The van der Waals surface area contributed by atoms with Crippen LogP contribution in [0.4, 0.5) is 0 Å². The number of nitrogens with zero attached hydrogens (tertiary/aromatic N) is 1. The van der Waals surface area contributed by atoms with Gasteiger partial charge in [0.25, 0.3) is 0 Å². The molecule has 0 aromatic rings. The van der Waals surface area contributed by atoms with Gasteiger partial charge in [0.15, 0.2) is 0 Å². The van der Waals surface area contributed by atoms with Crippen molar-refractivity contribution in [3.63, 3.8) is 0 Å². The van der Waals surface area contributed by atoms with Crippen molar-refractivity contribution in [2.75, 3.05) is 13.1 Å². The van der Waals surface area contributed by atoms with E-state index in [4.69, 9.17) is 11.6 Å². The van der Waals surface area contributed by atoms with Crippen molar-refractivity contribution in [3.05, 3.63) is 0 Å². The molecular weight excluding hydrogens is 198 g/mol. The first kappa shape index (κ1) is 13.8. The van der Waals surface area contributed by atoms with Gasteiger partial charge in [-0.3, -0.25) is 4.79 Å². The number of alkyl halides is 1. The topological polar surface area (TPSA) is 20.3 Å². The molecule has 2 nitrogen and oxygen atoms in total. The van der Waals surface area contributed by atoms with Gasteiger partial charge >= 0.3 is 0 Å². The summed E-state index contributed by atoms with van der Waals surface area (Å²) in [5.74, 6) is 0.0774. The van der Waals surface area contributed by atoms with Crippen molar-refractivity contribution in [2.45, 2.75) is 51.8 Å². The maximum absolute atomic E-state index is 11.6. The molecule has 1 atom stereocenters. The number of unbranched alkanes of at least 4 members (excludes halogenated alkanes) is 2. The molecule has 3 heteroatoms. The highest BCUT2D eigenvalue weighted by molar-refractivity contribution is 6.30. The lowest BCUT2D eigenvalue weighted by atomic mass is 10.2. The summed E-state index contributed by atoms with van der Waals surface area (Å²) in [4.78, 5) is 13.5. The van der Waals surface area contributed by atoms with Crippen LogP contribution in [0.25, 0.3) is 0 Å². The molecule has 14 heavy (non-hydrogen) atoms. The van der Waals surface area contributed by atoms with Crippen molar-refractivity contribution in [1.29, 1.82) is 0 Å². The average Bonchev–Trinajstić information content (AvgIpc) is 2.17. The molecule has 0 aromatic carbocycles. The fourth-order valence-corrected chi connectivity index (χ4v) is 1.42. The van der Waals surface area contributed by atoms with Gasteiger partial charge in [-0.2, -0.15) is 0 Å². The SMILES string of the molecule is CCCCN(CCCC)C(=O)[C@@H](C)Cl. The largest absolute Gasteiger partial charge is 0.341 e. The summed E-state index contributed by atoms with van der Waals surface area (Å²) >= 11 is 5.79. The lowest BCUT2D eigenvalue weighted by Crippen LogP contribution is -2.37. The predicted molar refractivity (Wildman–Crippen MR) is 61.7 cm³/mol. The van der Waals surface area contributed by atoms with Crippen molar-refractivity contribution in [1.82, 2.24) is 4.90 Å². The predicted octanol–water partition coefficient (Wildman–Crippen LogP) is 3.04. The van der Waals surface area contributed by atoms with Gasteiger partial charge in [0.1, 0.15) is 5.38 Å². The molecule has 0 radical (unpaired) electrons. The van der Waals surface area contributed by atoms with E-state index in [2.05, 4.69) is 13.8 Å². The molecule has 0 aliphatic heterocycles. The zero-order chi connectivity index (χ0) is 11.0. The average molecular weight is 220 g/mol. The van der Waals surface area contributed by atoms with Gasteiger partial charge in [0, 0.05) is 13.1 Å². The number of rotatable bonds is 7. The van der Waals surface area contributed by atoms with Crippen LogP contribution in [0.5, 0.6) is 0 Å². The van der Waals surface area contributed by atoms with Crippen molar-refractivity contribution < 1.29 is 4.79 Å². The number of halogens is 1. The van der Waals surface area contributed by atoms with E-state index in [1.54, 1.807) is 6.92 Å². The number of hydrogen-bond donors (Lipinski definition) is 0. The summed E-state index contributed by atoms with van der Waals surface area (Å²) in [5, 5.41) is -0.385. The molecule has 0 saturated heterocycles. The van der Waals surface area contributed by atoms with Crippen molar-refractivity contribution in [3.8, 4) is 0 Å². The van der Waals surface area contributed by atoms with E-state index in [0.717, 1.165) is 38.8 Å². The van der Waals surface area contributed by atoms with Gasteiger partial charge in [-0.05, 0) is 19.8 Å². The molecule has 0 N–H and O–H groups in total. The van der Waals surface area contributed by atoms with Gasteiger partial charge in [-0.1, -0.05) is 26.7 Å². The Kier molecular flexibility index (Phi) is 7.96. The van der Waals surface area contributed by atoms with Gasteiger partial charge < -0.3 is 4.90 Å². The Balaban J connectivity index is 4.01. The van der Waals surface area contributed by atoms with Crippen LogP contribution in [0.15, 0.2) is 0 Å². The number of carbonyl (C=O) groups excluding carboxylic acids is 1. The smallest absolute Gasteiger partial charge is 0.240 e. The molecule has 0 bridgehead atoms. The first-order chi connectivity index (χ1) is 6.63. The Morgan fingerprint density at radius 1 is 1.21 bits per heavy atom. The highest BCUT2D eigenvalue weighted by Crippen LogP contribution is 2.05. The summed E-state index contributed by atoms with van der Waals surface area (Å²) < 4.78 is 0. The number of amides is 1. The summed E-state index contributed by atoms with van der Waals surface area (Å²) in [6.45, 7) is 7.72. The summed E-state index contributed by atoms with van der Waals surface area (Å²) in [6.07, 6.45) is 4.37. The summed E-state index contributed by atoms with van der Waals surface area (Å²) in [6, 6.07) is 0. The molecule has 84 valence electrons. The van der Waals surface area contributed by atoms with Crippen LogP contribution in [0.2, 0.25) is 0 Å². The fraction of sp³-hybridized carbons (Fsp3) is 0.909. The van der Waals surface area contributed by atoms with Crippen LogP contribution < -0.4 is 0 Å². The maximum atomic E-state index is 11.6. The summed E-state index contributed by atoms with van der Waals surface area (Å²) in [7, 11) is 0. The Bertz CT molecular complexity index is 151. The second-order valence-electron chi connectivity index (χ2n) is 3.65. The minimum atomic E-state index is -0.385. The number of hydrogen-bond acceptors (Lipinski definition) is 1. The fourth-order valence-electron chi connectivity index (χ4n) is 1.28. The van der Waals surface area contributed by atoms with E-state index in [1.165, 1.54) is 0 Å². The maximum Gasteiger partial charge on any atom is 0.240 e. The van der Waals surface area contributed by atoms with Crippen LogP contribution in [0, 0.1) is 0 Å². The van der Waals surface area contributed by atoms with Crippen LogP contribution in [-0.4, -0.2) is 29.3 Å². The molecule has 1 amide bonds. The van der Waals surface area contributed by atoms with Gasteiger partial charge in [-0.25, -0.2) is 0 Å². The quantitative estimate of drug-likeness (QED) is 0.603. The minimum absolute atomic E-state index is 0.0774. The third kappa shape index (κ3) is 5.48. The normalized spacial score (nSPS) is 12.6. The minimum Gasteiger partial charge on any atom is -0.341 e. The van der Waals surface area contributed by atoms with Gasteiger partial charge in [0.05, 0.1) is 0 Å². The molecular formula is C11H22ClNO. The van der Waals surface area contributed by atoms with Crippen molar-refractivity contribution in [2.24, 2.45) is 0 Å². The lowest BCUT2D eigenvalue weighted by Gasteiger charge is -2.23. The molecule has 0 aliphatic carbocycles. The molecule has 0 saturated carbocycles. The molecule has 0 heterocycles. The van der Waals surface area contributed by atoms with E-state index in [0.29, 0.717) is 0 Å². The van der Waals surface area contributed by atoms with Gasteiger partial charge in [0.2, 0.25) is 5.91 Å². The Morgan fingerprint density at radius 3 is 1.93 bits per heavy atom. The monoisotopic (exact) mass is 219 g/mol. The van der Waals surface area contributed by atoms with E-state index in [9.17, 15) is 4.79 Å². The lowest BCUT2D eigenvalue weighted by molar-refractivity contribution is -0.130. The van der Waals surface area contributed by atoms with E-state index in [-0.39, 0.29) is 11.3 Å². The molecule has 0 aromatic heterocycles. The molecule has 0 spiro atoms. The summed E-state index contributed by atoms with van der Waals surface area (Å²) in [5.41, 5.74) is 0. The van der Waals surface area contributed by atoms with Crippen molar-refractivity contribution >= 4 is 17.5 Å². The van der Waals surface area contributed by atoms with Crippen LogP contribution in [0.1, 0.15) is 46.5 Å². The number of carbonyl (C=O) groups is 1. The zero-order valence-electron chi connectivity index (χ0n) is 9.55. The second-order valence-corrected chi connectivity index (χ2v) is 4.30. The van der Waals surface area contributed by atoms with Crippen LogP contribution in [-0.2, 0) is 4.79 Å². The highest BCUT2D eigenvalue weighted by Gasteiger charge is 2.16. The standard InChI is InChI=1S/C11H22ClNO/c1-4-6-8-13(9-7-5-2)11(14)10(3)12/h10H,4-9H2,1-3H3/t10-/m1/s1. The van der Waals surface area contributed by atoms with Crippen LogP contribution >= 0.6 is 11.6 Å². The second kappa shape index (κ2) is 8.10. The molecule has 0 unspecified atom stereocenters. The van der Waals surface area contributed by atoms with E-state index in [1.807, 2.05) is 4.90 Å². The molecule has 0 fully saturated rings. The molecule has 0 aliphatic rings. The van der Waals surface area contributed by atoms with E-state index < -0.39 is 0 Å². The van der Waals surface area contributed by atoms with E-state index >= 15 is 0 Å². The Labute approximate surface area is 92.6 Å². The first-order valence-corrected chi connectivity index (χ1v) is 6.00. The Hall–Kier alpha value is -0.240. The van der Waals surface area contributed by atoms with Gasteiger partial charge in [-0.15, -0.1) is 11.6 Å². The highest BCUT2D eigenvalue weighted by atomic mass is 35.5. The molecule has 0 rings (SSSR count). The van der Waals surface area contributed by atoms with Crippen LogP contribution in [0.3, 0.4) is 0 Å². The Morgan fingerprint density at radius 2 is 1.64 bits per heavy atom. The zero-order valence-corrected chi connectivity index (χ0v) is 10.3. The third-order valence-electron chi connectivity index (χ3n) is 2.22.